The highest BCUT2D eigenvalue weighted by Gasteiger charge is 2.24. The van der Waals surface area contributed by atoms with Crippen LogP contribution in [-0.2, 0) is 0 Å². The van der Waals surface area contributed by atoms with Gasteiger partial charge in [0.25, 0.3) is 5.91 Å². The van der Waals surface area contributed by atoms with Crippen molar-refractivity contribution in [3.8, 4) is 0 Å². The van der Waals surface area contributed by atoms with E-state index in [1.165, 1.54) is 22.7 Å². The summed E-state index contributed by atoms with van der Waals surface area (Å²) in [7, 11) is 3.82. The van der Waals surface area contributed by atoms with Crippen LogP contribution in [0.5, 0.6) is 0 Å². The Morgan fingerprint density at radius 2 is 1.89 bits per heavy atom. The fraction of sp³-hybridized carbons (Fsp3) is 0.263. The summed E-state index contributed by atoms with van der Waals surface area (Å²) in [5.41, 5.74) is 0.645. The van der Waals surface area contributed by atoms with E-state index in [0.717, 1.165) is 22.3 Å². The maximum absolute atomic E-state index is 14.1. The van der Waals surface area contributed by atoms with Crippen LogP contribution in [0.15, 0.2) is 41.3 Å². The van der Waals surface area contributed by atoms with Gasteiger partial charge >= 0.3 is 0 Å². The highest BCUT2D eigenvalue weighted by atomic mass is 35.5. The van der Waals surface area contributed by atoms with Gasteiger partial charge in [-0.1, -0.05) is 23.5 Å². The summed E-state index contributed by atoms with van der Waals surface area (Å²) in [5.74, 6) is -1.59. The first-order valence-corrected chi connectivity index (χ1v) is 10.3. The number of thiazole rings is 1. The van der Waals surface area contributed by atoms with Crippen molar-refractivity contribution in [3.63, 3.8) is 0 Å². The van der Waals surface area contributed by atoms with Gasteiger partial charge in [-0.15, -0.1) is 24.2 Å². The van der Waals surface area contributed by atoms with E-state index in [-0.39, 0.29) is 23.8 Å². The molecule has 150 valence electrons. The SMILES string of the molecule is CSc1ccccc1C(=O)N(CCN(C)C)c1nc2c(F)cc(F)cc2s1.Cl. The van der Waals surface area contributed by atoms with Gasteiger partial charge in [-0.3, -0.25) is 9.69 Å². The minimum atomic E-state index is -0.725. The van der Waals surface area contributed by atoms with Crippen LogP contribution in [0.2, 0.25) is 0 Å². The number of carbonyl (C=O) groups is 1. The van der Waals surface area contributed by atoms with Crippen LogP contribution in [0.4, 0.5) is 13.9 Å². The van der Waals surface area contributed by atoms with Gasteiger partial charge in [0.1, 0.15) is 11.3 Å². The van der Waals surface area contributed by atoms with Crippen LogP contribution in [0.3, 0.4) is 0 Å². The molecule has 0 spiro atoms. The summed E-state index contributed by atoms with van der Waals surface area (Å²) < 4.78 is 28.0. The number of nitrogens with zero attached hydrogens (tertiary/aromatic N) is 3. The molecular formula is C19H20ClF2N3OS2. The second-order valence-electron chi connectivity index (χ2n) is 6.19. The molecule has 3 aromatic rings. The Bertz CT molecular complexity index is 981. The minimum Gasteiger partial charge on any atom is -0.308 e. The first-order chi connectivity index (χ1) is 12.9. The van der Waals surface area contributed by atoms with Gasteiger partial charge in [0, 0.05) is 24.1 Å². The lowest BCUT2D eigenvalue weighted by molar-refractivity contribution is 0.0982. The van der Waals surface area contributed by atoms with Crippen molar-refractivity contribution in [3.05, 3.63) is 53.6 Å². The number of hydrogen-bond donors (Lipinski definition) is 0. The molecule has 0 aliphatic rings. The molecule has 1 amide bonds. The molecule has 1 heterocycles. The summed E-state index contributed by atoms with van der Waals surface area (Å²) in [4.78, 5) is 21.9. The number of anilines is 1. The molecule has 1 aromatic heterocycles. The van der Waals surface area contributed by atoms with E-state index in [4.69, 9.17) is 0 Å². The largest absolute Gasteiger partial charge is 0.308 e. The summed E-state index contributed by atoms with van der Waals surface area (Å²) in [6.45, 7) is 0.998. The zero-order valence-electron chi connectivity index (χ0n) is 15.6. The van der Waals surface area contributed by atoms with Crippen LogP contribution >= 0.6 is 35.5 Å². The zero-order chi connectivity index (χ0) is 19.6. The highest BCUT2D eigenvalue weighted by molar-refractivity contribution is 7.98. The number of aromatic nitrogens is 1. The summed E-state index contributed by atoms with van der Waals surface area (Å²) in [6.07, 6.45) is 1.91. The summed E-state index contributed by atoms with van der Waals surface area (Å²) in [5, 5.41) is 0.359. The number of thioether (sulfide) groups is 1. The van der Waals surface area contributed by atoms with Crippen molar-refractivity contribution >= 4 is 56.8 Å². The van der Waals surface area contributed by atoms with Crippen LogP contribution in [0.1, 0.15) is 10.4 Å². The van der Waals surface area contributed by atoms with Crippen molar-refractivity contribution in [2.75, 3.05) is 38.3 Å². The fourth-order valence-electron chi connectivity index (χ4n) is 2.61. The van der Waals surface area contributed by atoms with Crippen LogP contribution in [0.25, 0.3) is 10.2 Å². The van der Waals surface area contributed by atoms with E-state index in [1.807, 2.05) is 43.5 Å². The molecule has 0 radical (unpaired) electrons. The van der Waals surface area contributed by atoms with Gasteiger partial charge in [-0.05, 0) is 38.6 Å². The van der Waals surface area contributed by atoms with E-state index in [1.54, 1.807) is 6.07 Å². The van der Waals surface area contributed by atoms with E-state index in [9.17, 15) is 13.6 Å². The van der Waals surface area contributed by atoms with Crippen LogP contribution < -0.4 is 4.90 Å². The Balaban J connectivity index is 0.00000280. The molecule has 9 heteroatoms. The van der Waals surface area contributed by atoms with Gasteiger partial charge in [0.15, 0.2) is 10.9 Å². The molecule has 3 rings (SSSR count). The lowest BCUT2D eigenvalue weighted by atomic mass is 10.2. The topological polar surface area (TPSA) is 36.4 Å². The van der Waals surface area contributed by atoms with Crippen molar-refractivity contribution in [1.29, 1.82) is 0 Å². The fourth-order valence-corrected chi connectivity index (χ4v) is 4.23. The summed E-state index contributed by atoms with van der Waals surface area (Å²) in [6, 6.07) is 9.39. The molecule has 28 heavy (non-hydrogen) atoms. The van der Waals surface area contributed by atoms with Gasteiger partial charge in [-0.2, -0.15) is 0 Å². The standard InChI is InChI=1S/C19H19F2N3OS2.ClH/c1-23(2)8-9-24(18(25)13-6-4-5-7-15(13)26-3)19-22-17-14(21)10-12(20)11-16(17)27-19;/h4-7,10-11H,8-9H2,1-3H3;1H. The zero-order valence-corrected chi connectivity index (χ0v) is 18.1. The maximum atomic E-state index is 14.1. The quantitative estimate of drug-likeness (QED) is 0.506. The molecule has 0 N–H and O–H groups in total. The monoisotopic (exact) mass is 443 g/mol. The van der Waals surface area contributed by atoms with Crippen molar-refractivity contribution in [1.82, 2.24) is 9.88 Å². The summed E-state index contributed by atoms with van der Waals surface area (Å²) >= 11 is 2.60. The van der Waals surface area contributed by atoms with Gasteiger partial charge in [0.05, 0.1) is 10.3 Å². The smallest absolute Gasteiger partial charge is 0.261 e. The average Bonchev–Trinajstić information content (AvgIpc) is 3.05. The number of carbonyl (C=O) groups excluding carboxylic acids is 1. The Labute approximate surface area is 177 Å². The lowest BCUT2D eigenvalue weighted by Gasteiger charge is -2.22. The Morgan fingerprint density at radius 1 is 1.18 bits per heavy atom. The normalized spacial score (nSPS) is 10.9. The number of rotatable bonds is 6. The first-order valence-electron chi connectivity index (χ1n) is 8.26. The molecule has 2 aromatic carbocycles. The number of benzene rings is 2. The molecule has 0 bridgehead atoms. The van der Waals surface area contributed by atoms with Crippen molar-refractivity contribution in [2.24, 2.45) is 0 Å². The van der Waals surface area contributed by atoms with E-state index < -0.39 is 11.6 Å². The first kappa shape index (κ1) is 22.5. The van der Waals surface area contributed by atoms with E-state index in [0.29, 0.717) is 28.5 Å². The highest BCUT2D eigenvalue weighted by Crippen LogP contribution is 2.32. The number of fused-ring (bicyclic) bond motifs is 1. The Kier molecular flexibility index (Phi) is 7.77. The molecule has 0 fully saturated rings. The Hall–Kier alpha value is -1.74. The van der Waals surface area contributed by atoms with Gasteiger partial charge in [-0.25, -0.2) is 13.8 Å². The second-order valence-corrected chi connectivity index (χ2v) is 8.05. The van der Waals surface area contributed by atoms with E-state index in [2.05, 4.69) is 4.98 Å². The third kappa shape index (κ3) is 4.81. The molecule has 0 atom stereocenters. The van der Waals surface area contributed by atoms with Gasteiger partial charge < -0.3 is 4.90 Å². The van der Waals surface area contributed by atoms with Crippen LogP contribution in [0, 0.1) is 11.6 Å². The Morgan fingerprint density at radius 3 is 2.57 bits per heavy atom. The number of amides is 1. The average molecular weight is 444 g/mol. The molecule has 4 nitrogen and oxygen atoms in total. The third-order valence-corrected chi connectivity index (χ3v) is 5.81. The molecule has 0 aliphatic heterocycles. The van der Waals surface area contributed by atoms with E-state index >= 15 is 0 Å². The predicted molar refractivity (Wildman–Crippen MR) is 115 cm³/mol. The predicted octanol–water partition coefficient (Wildman–Crippen LogP) is 4.93. The second kappa shape index (κ2) is 9.65. The lowest BCUT2D eigenvalue weighted by Crippen LogP contribution is -2.37. The van der Waals surface area contributed by atoms with Gasteiger partial charge in [0.2, 0.25) is 0 Å². The van der Waals surface area contributed by atoms with Crippen LogP contribution in [-0.4, -0.2) is 49.2 Å². The molecule has 0 unspecified atom stereocenters. The third-order valence-electron chi connectivity index (χ3n) is 3.99. The maximum Gasteiger partial charge on any atom is 0.261 e. The molecule has 0 aliphatic carbocycles. The number of hydrogen-bond acceptors (Lipinski definition) is 5. The van der Waals surface area contributed by atoms with Crippen molar-refractivity contribution in [2.45, 2.75) is 4.90 Å². The minimum absolute atomic E-state index is 0. The number of likely N-dealkylation sites (N-methyl/N-ethyl adjacent to an activating group) is 1. The molecular weight excluding hydrogens is 424 g/mol. The molecule has 0 saturated heterocycles. The number of halogens is 3. The molecule has 0 saturated carbocycles. The van der Waals surface area contributed by atoms with Crippen molar-refractivity contribution < 1.29 is 13.6 Å².